The summed E-state index contributed by atoms with van der Waals surface area (Å²) in [4.78, 5) is 20.0. The first-order chi connectivity index (χ1) is 26.2. The predicted molar refractivity (Wildman–Crippen MR) is 214 cm³/mol. The molecule has 5 nitrogen and oxygen atoms in total. The molecule has 5 heteroatoms. The van der Waals surface area contributed by atoms with Gasteiger partial charge in [0.1, 0.15) is 11.2 Å². The molecule has 0 amide bonds. The molecular formula is C48H28N4O. The summed E-state index contributed by atoms with van der Waals surface area (Å²) < 4.78 is 6.26. The molecule has 7 aromatic carbocycles. The normalized spacial score (nSPS) is 11.8. The van der Waals surface area contributed by atoms with Crippen LogP contribution < -0.4 is 0 Å². The zero-order valence-corrected chi connectivity index (χ0v) is 28.4. The van der Waals surface area contributed by atoms with Gasteiger partial charge in [0.15, 0.2) is 17.5 Å². The lowest BCUT2D eigenvalue weighted by molar-refractivity contribution is 0.669. The summed E-state index contributed by atoms with van der Waals surface area (Å²) in [6.45, 7) is 0. The van der Waals surface area contributed by atoms with Crippen molar-refractivity contribution in [3.05, 3.63) is 170 Å². The number of hydrogen-bond donors (Lipinski definition) is 0. The SMILES string of the molecule is c1ccc(-c2ccc(-c3nc(-c4cccc(-c5ccc6c(c5)-c5cccc7cncc-6c57)c4)nc(-c4cccc5oc6ccccc6c45)n3)cc2)cc1. The second-order valence-electron chi connectivity index (χ2n) is 13.5. The lowest BCUT2D eigenvalue weighted by Crippen LogP contribution is -2.00. The summed E-state index contributed by atoms with van der Waals surface area (Å²) in [5, 5.41) is 4.45. The molecule has 0 radical (unpaired) electrons. The van der Waals surface area contributed by atoms with Gasteiger partial charge in [0.2, 0.25) is 0 Å². The van der Waals surface area contributed by atoms with Crippen molar-refractivity contribution in [2.24, 2.45) is 0 Å². The summed E-state index contributed by atoms with van der Waals surface area (Å²) in [5.41, 5.74) is 13.8. The molecule has 0 N–H and O–H groups in total. The molecule has 0 atom stereocenters. The lowest BCUT2D eigenvalue weighted by Gasteiger charge is -2.11. The molecule has 0 spiro atoms. The summed E-state index contributed by atoms with van der Waals surface area (Å²) >= 11 is 0. The third-order valence-corrected chi connectivity index (χ3v) is 10.4. The summed E-state index contributed by atoms with van der Waals surface area (Å²) in [6.07, 6.45) is 3.93. The van der Waals surface area contributed by atoms with Crippen molar-refractivity contribution in [3.8, 4) is 78.7 Å². The number of para-hydroxylation sites is 1. The molecule has 0 bridgehead atoms. The van der Waals surface area contributed by atoms with Gasteiger partial charge in [0.05, 0.1) is 0 Å². The van der Waals surface area contributed by atoms with E-state index in [1.54, 1.807) is 0 Å². The maximum Gasteiger partial charge on any atom is 0.164 e. The zero-order valence-electron chi connectivity index (χ0n) is 28.4. The van der Waals surface area contributed by atoms with E-state index in [4.69, 9.17) is 19.4 Å². The topological polar surface area (TPSA) is 64.7 Å². The number of aromatic nitrogens is 4. The molecule has 3 heterocycles. The van der Waals surface area contributed by atoms with Gasteiger partial charge < -0.3 is 4.42 Å². The molecule has 0 fully saturated rings. The number of nitrogens with zero attached hydrogens (tertiary/aromatic N) is 4. The van der Waals surface area contributed by atoms with Gasteiger partial charge in [0, 0.05) is 56.2 Å². The molecule has 0 unspecified atom stereocenters. The van der Waals surface area contributed by atoms with E-state index in [2.05, 4.69) is 126 Å². The molecule has 0 saturated heterocycles. The largest absolute Gasteiger partial charge is 0.456 e. The maximum absolute atomic E-state index is 6.26. The second-order valence-corrected chi connectivity index (χ2v) is 13.5. The van der Waals surface area contributed by atoms with Gasteiger partial charge in [-0.2, -0.15) is 0 Å². The lowest BCUT2D eigenvalue weighted by atomic mass is 9.96. The monoisotopic (exact) mass is 676 g/mol. The summed E-state index contributed by atoms with van der Waals surface area (Å²) in [7, 11) is 0. The molecule has 3 aromatic heterocycles. The van der Waals surface area contributed by atoms with E-state index in [1.165, 1.54) is 27.6 Å². The fraction of sp³-hybridized carbons (Fsp3) is 0. The Labute approximate surface area is 304 Å². The van der Waals surface area contributed by atoms with Crippen molar-refractivity contribution in [1.82, 2.24) is 19.9 Å². The predicted octanol–water partition coefficient (Wildman–Crippen LogP) is 12.3. The highest BCUT2D eigenvalue weighted by molar-refractivity contribution is 6.15. The fourth-order valence-corrected chi connectivity index (χ4v) is 7.84. The van der Waals surface area contributed by atoms with Gasteiger partial charge in [-0.25, -0.2) is 15.0 Å². The van der Waals surface area contributed by atoms with Crippen molar-refractivity contribution >= 4 is 32.7 Å². The van der Waals surface area contributed by atoms with Gasteiger partial charge in [-0.15, -0.1) is 0 Å². The first-order valence-corrected chi connectivity index (χ1v) is 17.7. The molecule has 10 aromatic rings. The number of hydrogen-bond acceptors (Lipinski definition) is 5. The molecular weight excluding hydrogens is 649 g/mol. The van der Waals surface area contributed by atoms with Crippen molar-refractivity contribution in [2.75, 3.05) is 0 Å². The smallest absolute Gasteiger partial charge is 0.164 e. The molecule has 1 aliphatic carbocycles. The van der Waals surface area contributed by atoms with Crippen LogP contribution in [0.2, 0.25) is 0 Å². The number of pyridine rings is 1. The summed E-state index contributed by atoms with van der Waals surface area (Å²) in [6, 6.07) is 54.7. The van der Waals surface area contributed by atoms with Gasteiger partial charge in [-0.05, 0) is 63.2 Å². The number of fused-ring (bicyclic) bond motifs is 6. The van der Waals surface area contributed by atoms with E-state index in [0.717, 1.165) is 66.3 Å². The Morgan fingerprint density at radius 2 is 0.981 bits per heavy atom. The Hall–Kier alpha value is -7.24. The van der Waals surface area contributed by atoms with Crippen molar-refractivity contribution in [3.63, 3.8) is 0 Å². The minimum atomic E-state index is 0.594. The minimum Gasteiger partial charge on any atom is -0.456 e. The summed E-state index contributed by atoms with van der Waals surface area (Å²) in [5.74, 6) is 1.81. The fourth-order valence-electron chi connectivity index (χ4n) is 7.84. The highest BCUT2D eigenvalue weighted by atomic mass is 16.3. The Bertz CT molecular complexity index is 3050. The van der Waals surface area contributed by atoms with Crippen LogP contribution in [-0.4, -0.2) is 19.9 Å². The molecule has 246 valence electrons. The van der Waals surface area contributed by atoms with Gasteiger partial charge in [-0.1, -0.05) is 133 Å². The van der Waals surface area contributed by atoms with Crippen LogP contribution in [0.5, 0.6) is 0 Å². The van der Waals surface area contributed by atoms with Gasteiger partial charge >= 0.3 is 0 Å². The van der Waals surface area contributed by atoms with Crippen LogP contribution in [-0.2, 0) is 0 Å². The van der Waals surface area contributed by atoms with Crippen LogP contribution in [0.3, 0.4) is 0 Å². The highest BCUT2D eigenvalue weighted by Crippen LogP contribution is 2.48. The van der Waals surface area contributed by atoms with Crippen LogP contribution in [0.15, 0.2) is 175 Å². The van der Waals surface area contributed by atoms with E-state index in [1.807, 2.05) is 48.8 Å². The number of furan rings is 1. The van der Waals surface area contributed by atoms with Crippen LogP contribution in [0.4, 0.5) is 0 Å². The standard InChI is InChI=1S/C48H28N4O/c1-2-9-29(10-3-1)30-19-21-31(22-20-30)46-50-47(52-48(51-46)39-16-8-18-43-45(39)38-14-4-5-17-42(38)53-43)34-12-6-11-32(25-34)33-23-24-36-40(26-33)37-15-7-13-35-27-49-28-41(36)44(35)37/h1-28H. The average molecular weight is 677 g/mol. The van der Waals surface area contributed by atoms with E-state index < -0.39 is 0 Å². The highest BCUT2D eigenvalue weighted by Gasteiger charge is 2.22. The maximum atomic E-state index is 6.26. The van der Waals surface area contributed by atoms with Crippen molar-refractivity contribution in [1.29, 1.82) is 0 Å². The van der Waals surface area contributed by atoms with E-state index in [-0.39, 0.29) is 0 Å². The quantitative estimate of drug-likeness (QED) is 0.181. The van der Waals surface area contributed by atoms with Crippen LogP contribution in [0.25, 0.3) is 111 Å². The van der Waals surface area contributed by atoms with Crippen LogP contribution in [0, 0.1) is 0 Å². The molecule has 11 rings (SSSR count). The van der Waals surface area contributed by atoms with Crippen molar-refractivity contribution < 1.29 is 4.42 Å². The first kappa shape index (κ1) is 29.5. The van der Waals surface area contributed by atoms with Crippen LogP contribution in [0.1, 0.15) is 0 Å². The molecule has 1 aliphatic rings. The first-order valence-electron chi connectivity index (χ1n) is 17.7. The Morgan fingerprint density at radius 1 is 0.340 bits per heavy atom. The van der Waals surface area contributed by atoms with E-state index >= 15 is 0 Å². The zero-order chi connectivity index (χ0) is 34.9. The molecule has 0 aliphatic heterocycles. The van der Waals surface area contributed by atoms with E-state index in [0.29, 0.717) is 17.5 Å². The third kappa shape index (κ3) is 4.79. The average Bonchev–Trinajstić information content (AvgIpc) is 3.78. The van der Waals surface area contributed by atoms with Gasteiger partial charge in [-0.3, -0.25) is 4.98 Å². The Kier molecular flexibility index (Phi) is 6.48. The Morgan fingerprint density at radius 3 is 1.89 bits per heavy atom. The van der Waals surface area contributed by atoms with Crippen molar-refractivity contribution in [2.45, 2.75) is 0 Å². The van der Waals surface area contributed by atoms with Gasteiger partial charge in [0.25, 0.3) is 0 Å². The number of benzene rings is 7. The van der Waals surface area contributed by atoms with Crippen LogP contribution >= 0.6 is 0 Å². The minimum absolute atomic E-state index is 0.594. The molecule has 0 saturated carbocycles. The van der Waals surface area contributed by atoms with E-state index in [9.17, 15) is 0 Å². The second kappa shape index (κ2) is 11.7. The number of rotatable bonds is 5. The Balaban J connectivity index is 1.06. The third-order valence-electron chi connectivity index (χ3n) is 10.4. The molecule has 53 heavy (non-hydrogen) atoms.